The Kier molecular flexibility index (Phi) is 3.49. The molecule has 1 rings (SSSR count). The maximum absolute atomic E-state index is 10.4. The number of ether oxygens (including phenoxy) is 1. The van der Waals surface area contributed by atoms with E-state index in [0.717, 1.165) is 19.6 Å². The van der Waals surface area contributed by atoms with E-state index >= 15 is 0 Å². The van der Waals surface area contributed by atoms with E-state index < -0.39 is 5.97 Å². The summed E-state index contributed by atoms with van der Waals surface area (Å²) in [6.07, 6.45) is 0.989. The molecule has 4 heteroatoms. The zero-order valence-corrected chi connectivity index (χ0v) is 7.32. The Hall–Kier alpha value is -0.610. The van der Waals surface area contributed by atoms with Crippen molar-refractivity contribution < 1.29 is 14.6 Å². The van der Waals surface area contributed by atoms with Crippen molar-refractivity contribution in [2.75, 3.05) is 33.4 Å². The van der Waals surface area contributed by atoms with Crippen LogP contribution in [0.1, 0.15) is 6.42 Å². The monoisotopic (exact) mass is 173 g/mol. The summed E-state index contributed by atoms with van der Waals surface area (Å²) < 4.78 is 4.89. The van der Waals surface area contributed by atoms with E-state index in [1.54, 1.807) is 7.11 Å². The number of nitrogens with zero attached hydrogens (tertiary/aromatic N) is 1. The van der Waals surface area contributed by atoms with Crippen LogP contribution in [0.15, 0.2) is 0 Å². The summed E-state index contributed by atoms with van der Waals surface area (Å²) in [5, 5.41) is 8.57. The summed E-state index contributed by atoms with van der Waals surface area (Å²) in [5.41, 5.74) is 0. The first-order valence-corrected chi connectivity index (χ1v) is 4.18. The largest absolute Gasteiger partial charge is 0.481 e. The molecular formula is C8H15NO3. The quantitative estimate of drug-likeness (QED) is 0.596. The van der Waals surface area contributed by atoms with Crippen LogP contribution in [0, 0.1) is 5.92 Å². The molecule has 0 unspecified atom stereocenters. The Morgan fingerprint density at radius 3 is 2.83 bits per heavy atom. The minimum absolute atomic E-state index is 0.132. The number of hydrogen-bond acceptors (Lipinski definition) is 3. The number of rotatable bonds is 5. The second-order valence-corrected chi connectivity index (χ2v) is 3.14. The predicted molar refractivity (Wildman–Crippen MR) is 44.1 cm³/mol. The molecule has 1 N–H and O–H groups in total. The number of carboxylic acid groups (broad SMARTS) is 1. The third-order valence-corrected chi connectivity index (χ3v) is 2.13. The average molecular weight is 173 g/mol. The third kappa shape index (κ3) is 2.46. The van der Waals surface area contributed by atoms with Crippen molar-refractivity contribution in [2.24, 2.45) is 5.92 Å². The smallest absolute Gasteiger partial charge is 0.309 e. The number of methoxy groups -OCH3 is 1. The highest BCUT2D eigenvalue weighted by Crippen LogP contribution is 2.15. The van der Waals surface area contributed by atoms with Gasteiger partial charge in [-0.15, -0.1) is 0 Å². The van der Waals surface area contributed by atoms with Crippen LogP contribution in [0.25, 0.3) is 0 Å². The van der Waals surface area contributed by atoms with Gasteiger partial charge in [0, 0.05) is 33.4 Å². The minimum atomic E-state index is -0.669. The van der Waals surface area contributed by atoms with Crippen LogP contribution in [0.3, 0.4) is 0 Å². The van der Waals surface area contributed by atoms with Crippen LogP contribution < -0.4 is 0 Å². The van der Waals surface area contributed by atoms with Gasteiger partial charge < -0.3 is 14.7 Å². The number of hydrogen-bond donors (Lipinski definition) is 1. The third-order valence-electron chi connectivity index (χ3n) is 2.13. The van der Waals surface area contributed by atoms with Crippen LogP contribution in [-0.4, -0.2) is 49.3 Å². The van der Waals surface area contributed by atoms with Crippen molar-refractivity contribution in [3.63, 3.8) is 0 Å². The van der Waals surface area contributed by atoms with E-state index in [0.29, 0.717) is 13.1 Å². The summed E-state index contributed by atoms with van der Waals surface area (Å²) in [6.45, 7) is 3.13. The molecule has 0 aromatic carbocycles. The van der Waals surface area contributed by atoms with Gasteiger partial charge in [0.2, 0.25) is 0 Å². The van der Waals surface area contributed by atoms with Gasteiger partial charge in [0.15, 0.2) is 0 Å². The Bertz CT molecular complexity index is 154. The average Bonchev–Trinajstić information content (AvgIpc) is 1.93. The first-order chi connectivity index (χ1) is 5.74. The van der Waals surface area contributed by atoms with E-state index in [2.05, 4.69) is 4.90 Å². The first kappa shape index (κ1) is 9.48. The SMILES string of the molecule is COCCCN1CC(C(=O)O)C1. The molecule has 1 aliphatic rings. The molecule has 0 aromatic heterocycles. The molecule has 0 amide bonds. The summed E-state index contributed by atoms with van der Waals surface area (Å²) in [6, 6.07) is 0. The number of aliphatic carboxylic acids is 1. The molecule has 1 aliphatic heterocycles. The summed E-state index contributed by atoms with van der Waals surface area (Å²) in [4.78, 5) is 12.5. The molecule has 1 fully saturated rings. The number of carboxylic acids is 1. The Balaban J connectivity index is 1.98. The lowest BCUT2D eigenvalue weighted by atomic mass is 10.0. The summed E-state index contributed by atoms with van der Waals surface area (Å²) in [5.74, 6) is -0.800. The van der Waals surface area contributed by atoms with Crippen molar-refractivity contribution in [3.8, 4) is 0 Å². The molecule has 0 aromatic rings. The zero-order chi connectivity index (χ0) is 8.97. The molecule has 70 valence electrons. The fourth-order valence-electron chi connectivity index (χ4n) is 1.34. The Morgan fingerprint density at radius 2 is 2.33 bits per heavy atom. The van der Waals surface area contributed by atoms with Gasteiger partial charge in [-0.25, -0.2) is 0 Å². The standard InChI is InChI=1S/C8H15NO3/c1-12-4-2-3-9-5-7(6-9)8(10)11/h7H,2-6H2,1H3,(H,10,11). The highest BCUT2D eigenvalue weighted by molar-refractivity contribution is 5.71. The van der Waals surface area contributed by atoms with Crippen molar-refractivity contribution in [1.82, 2.24) is 4.90 Å². The molecule has 0 aliphatic carbocycles. The van der Waals surface area contributed by atoms with Gasteiger partial charge in [0.25, 0.3) is 0 Å². The highest BCUT2D eigenvalue weighted by Gasteiger charge is 2.31. The molecule has 0 saturated carbocycles. The van der Waals surface area contributed by atoms with Crippen molar-refractivity contribution in [3.05, 3.63) is 0 Å². The van der Waals surface area contributed by atoms with Gasteiger partial charge in [-0.05, 0) is 6.42 Å². The van der Waals surface area contributed by atoms with Crippen LogP contribution in [0.5, 0.6) is 0 Å². The van der Waals surface area contributed by atoms with Gasteiger partial charge >= 0.3 is 5.97 Å². The maximum atomic E-state index is 10.4. The van der Waals surface area contributed by atoms with E-state index in [9.17, 15) is 4.79 Å². The summed E-state index contributed by atoms with van der Waals surface area (Å²) >= 11 is 0. The van der Waals surface area contributed by atoms with Crippen LogP contribution in [0.2, 0.25) is 0 Å². The zero-order valence-electron chi connectivity index (χ0n) is 7.32. The lowest BCUT2D eigenvalue weighted by molar-refractivity contribution is -0.147. The second-order valence-electron chi connectivity index (χ2n) is 3.14. The van der Waals surface area contributed by atoms with Crippen LogP contribution in [-0.2, 0) is 9.53 Å². The number of carbonyl (C=O) groups is 1. The van der Waals surface area contributed by atoms with E-state index in [-0.39, 0.29) is 5.92 Å². The molecule has 0 bridgehead atoms. The number of likely N-dealkylation sites (tertiary alicyclic amines) is 1. The van der Waals surface area contributed by atoms with Gasteiger partial charge in [-0.3, -0.25) is 4.79 Å². The fourth-order valence-corrected chi connectivity index (χ4v) is 1.34. The lowest BCUT2D eigenvalue weighted by Crippen LogP contribution is -2.50. The minimum Gasteiger partial charge on any atom is -0.481 e. The maximum Gasteiger partial charge on any atom is 0.309 e. The van der Waals surface area contributed by atoms with Gasteiger partial charge in [-0.1, -0.05) is 0 Å². The predicted octanol–water partition coefficient (Wildman–Crippen LogP) is 0.0393. The normalized spacial score (nSPS) is 19.1. The molecule has 12 heavy (non-hydrogen) atoms. The van der Waals surface area contributed by atoms with E-state index in [4.69, 9.17) is 9.84 Å². The van der Waals surface area contributed by atoms with Crippen LogP contribution in [0.4, 0.5) is 0 Å². The first-order valence-electron chi connectivity index (χ1n) is 4.18. The lowest BCUT2D eigenvalue weighted by Gasteiger charge is -2.36. The highest BCUT2D eigenvalue weighted by atomic mass is 16.5. The van der Waals surface area contributed by atoms with Gasteiger partial charge in [0.1, 0.15) is 0 Å². The van der Waals surface area contributed by atoms with Gasteiger partial charge in [0.05, 0.1) is 5.92 Å². The molecule has 4 nitrogen and oxygen atoms in total. The van der Waals surface area contributed by atoms with Crippen LogP contribution >= 0.6 is 0 Å². The molecule has 1 saturated heterocycles. The Labute approximate surface area is 72.1 Å². The topological polar surface area (TPSA) is 49.8 Å². The molecule has 1 heterocycles. The van der Waals surface area contributed by atoms with Crippen molar-refractivity contribution in [1.29, 1.82) is 0 Å². The van der Waals surface area contributed by atoms with E-state index in [1.807, 2.05) is 0 Å². The van der Waals surface area contributed by atoms with Crippen molar-refractivity contribution >= 4 is 5.97 Å². The second kappa shape index (κ2) is 4.42. The Morgan fingerprint density at radius 1 is 1.67 bits per heavy atom. The molecule has 0 radical (unpaired) electrons. The molecule has 0 atom stereocenters. The van der Waals surface area contributed by atoms with E-state index in [1.165, 1.54) is 0 Å². The fraction of sp³-hybridized carbons (Fsp3) is 0.875. The molecular weight excluding hydrogens is 158 g/mol. The van der Waals surface area contributed by atoms with Crippen molar-refractivity contribution in [2.45, 2.75) is 6.42 Å². The van der Waals surface area contributed by atoms with Gasteiger partial charge in [-0.2, -0.15) is 0 Å². The molecule has 0 spiro atoms. The summed E-state index contributed by atoms with van der Waals surface area (Å²) in [7, 11) is 1.68.